The van der Waals surface area contributed by atoms with Crippen LogP contribution in [0, 0.1) is 17.3 Å². The van der Waals surface area contributed by atoms with Gasteiger partial charge >= 0.3 is 5.97 Å². The molecule has 2 nitrogen and oxygen atoms in total. The Balaban J connectivity index is 2.07. The summed E-state index contributed by atoms with van der Waals surface area (Å²) in [5.74, 6) is 0.882. The van der Waals surface area contributed by atoms with Crippen molar-refractivity contribution in [2.24, 2.45) is 17.3 Å². The molecule has 2 heteroatoms. The summed E-state index contributed by atoms with van der Waals surface area (Å²) in [6, 6.07) is 0. The molecule has 0 radical (unpaired) electrons. The van der Waals surface area contributed by atoms with Crippen LogP contribution in [0.3, 0.4) is 0 Å². The van der Waals surface area contributed by atoms with Gasteiger partial charge in [-0.25, -0.2) is 0 Å². The Hall–Kier alpha value is -0.530. The predicted octanol–water partition coefficient (Wildman–Crippen LogP) is 1.99. The van der Waals surface area contributed by atoms with Crippen LogP contribution in [-0.4, -0.2) is 13.1 Å². The van der Waals surface area contributed by atoms with Crippen LogP contribution in [0.4, 0.5) is 0 Å². The molecule has 0 aromatic carbocycles. The van der Waals surface area contributed by atoms with E-state index in [2.05, 4.69) is 6.92 Å². The highest BCUT2D eigenvalue weighted by Gasteiger charge is 2.65. The maximum Gasteiger partial charge on any atom is 0.309 e. The molecule has 0 aliphatic heterocycles. The van der Waals surface area contributed by atoms with Crippen LogP contribution in [0.2, 0.25) is 0 Å². The molecule has 0 heterocycles. The van der Waals surface area contributed by atoms with Crippen LogP contribution in [0.1, 0.15) is 32.6 Å². The molecule has 2 fully saturated rings. The van der Waals surface area contributed by atoms with Crippen LogP contribution in [0.25, 0.3) is 0 Å². The quantitative estimate of drug-likeness (QED) is 0.560. The maximum atomic E-state index is 11.3. The molecule has 3 atom stereocenters. The van der Waals surface area contributed by atoms with Gasteiger partial charge in [0.1, 0.15) is 0 Å². The van der Waals surface area contributed by atoms with E-state index in [9.17, 15) is 4.79 Å². The summed E-state index contributed by atoms with van der Waals surface area (Å²) in [7, 11) is 1.50. The van der Waals surface area contributed by atoms with Crippen LogP contribution in [0.15, 0.2) is 0 Å². The lowest BCUT2D eigenvalue weighted by Gasteiger charge is -2.15. The molecule has 68 valence electrons. The third-order valence-electron chi connectivity index (χ3n) is 3.79. The van der Waals surface area contributed by atoms with Gasteiger partial charge in [0.2, 0.25) is 0 Å². The highest BCUT2D eigenvalue weighted by Crippen LogP contribution is 2.66. The fourth-order valence-electron chi connectivity index (χ4n) is 2.93. The molecule has 12 heavy (non-hydrogen) atoms. The molecule has 0 unspecified atom stereocenters. The van der Waals surface area contributed by atoms with E-state index in [1.807, 2.05) is 0 Å². The lowest BCUT2D eigenvalue weighted by molar-refractivity contribution is -0.143. The Bertz CT molecular complexity index is 212. The van der Waals surface area contributed by atoms with Crippen molar-refractivity contribution in [3.05, 3.63) is 0 Å². The third kappa shape index (κ3) is 0.900. The fraction of sp³-hybridized carbons (Fsp3) is 0.900. The average molecular weight is 168 g/mol. The van der Waals surface area contributed by atoms with Gasteiger partial charge in [-0.05, 0) is 24.2 Å². The Labute approximate surface area is 73.3 Å². The summed E-state index contributed by atoms with van der Waals surface area (Å²) in [4.78, 5) is 11.3. The number of carbonyl (C=O) groups excluding carboxylic acids is 1. The smallest absolute Gasteiger partial charge is 0.309 e. The van der Waals surface area contributed by atoms with Crippen molar-refractivity contribution in [3.8, 4) is 0 Å². The van der Waals surface area contributed by atoms with Crippen molar-refractivity contribution >= 4 is 5.97 Å². The topological polar surface area (TPSA) is 26.3 Å². The number of hydrogen-bond acceptors (Lipinski definition) is 2. The van der Waals surface area contributed by atoms with Gasteiger partial charge in [-0.15, -0.1) is 0 Å². The minimum atomic E-state index is 0.0180. The molecule has 0 spiro atoms. The summed E-state index contributed by atoms with van der Waals surface area (Å²) in [5.41, 5.74) is 0.311. The summed E-state index contributed by atoms with van der Waals surface area (Å²) in [6.07, 6.45) is 5.04. The first kappa shape index (κ1) is 8.09. The van der Waals surface area contributed by atoms with E-state index in [4.69, 9.17) is 4.74 Å². The van der Waals surface area contributed by atoms with Crippen LogP contribution in [-0.2, 0) is 9.53 Å². The highest BCUT2D eigenvalue weighted by atomic mass is 16.5. The Morgan fingerprint density at radius 2 is 2.25 bits per heavy atom. The molecule has 0 bridgehead atoms. The Morgan fingerprint density at radius 1 is 1.50 bits per heavy atom. The van der Waals surface area contributed by atoms with Gasteiger partial charge in [0, 0.05) is 0 Å². The SMILES string of the molecule is COC(=O)[C@@H]1[C@H]2CCCC[C@]21C. The summed E-state index contributed by atoms with van der Waals surface area (Å²) >= 11 is 0. The molecule has 2 saturated carbocycles. The molecule has 0 saturated heterocycles. The van der Waals surface area contributed by atoms with Crippen molar-refractivity contribution < 1.29 is 9.53 Å². The van der Waals surface area contributed by atoms with E-state index in [1.54, 1.807) is 0 Å². The monoisotopic (exact) mass is 168 g/mol. The van der Waals surface area contributed by atoms with Crippen molar-refractivity contribution in [3.63, 3.8) is 0 Å². The average Bonchev–Trinajstić information content (AvgIpc) is 2.69. The van der Waals surface area contributed by atoms with E-state index in [-0.39, 0.29) is 11.9 Å². The minimum Gasteiger partial charge on any atom is -0.469 e. The van der Waals surface area contributed by atoms with E-state index in [0.29, 0.717) is 11.3 Å². The van der Waals surface area contributed by atoms with Crippen LogP contribution in [0.5, 0.6) is 0 Å². The number of fused-ring (bicyclic) bond motifs is 1. The lowest BCUT2D eigenvalue weighted by atomic mass is 9.90. The summed E-state index contributed by atoms with van der Waals surface area (Å²) < 4.78 is 4.79. The second-order valence-corrected chi connectivity index (χ2v) is 4.36. The van der Waals surface area contributed by atoms with Crippen LogP contribution >= 0.6 is 0 Å². The summed E-state index contributed by atoms with van der Waals surface area (Å²) in [5, 5.41) is 0. The second-order valence-electron chi connectivity index (χ2n) is 4.36. The number of carbonyl (C=O) groups is 1. The largest absolute Gasteiger partial charge is 0.469 e. The minimum absolute atomic E-state index is 0.0180. The van der Waals surface area contributed by atoms with Gasteiger partial charge in [-0.1, -0.05) is 19.8 Å². The number of methoxy groups -OCH3 is 1. The van der Waals surface area contributed by atoms with Crippen molar-refractivity contribution in [2.75, 3.05) is 7.11 Å². The molecule has 2 aliphatic rings. The molecule has 2 aliphatic carbocycles. The molecule has 0 amide bonds. The molecule has 2 rings (SSSR count). The normalized spacial score (nSPS) is 44.8. The predicted molar refractivity (Wildman–Crippen MR) is 45.6 cm³/mol. The van der Waals surface area contributed by atoms with Crippen LogP contribution < -0.4 is 0 Å². The Kier molecular flexibility index (Phi) is 1.67. The number of esters is 1. The third-order valence-corrected chi connectivity index (χ3v) is 3.79. The molecule has 0 aromatic rings. The highest BCUT2D eigenvalue weighted by molar-refractivity contribution is 5.77. The molecular formula is C10H16O2. The zero-order valence-electron chi connectivity index (χ0n) is 7.80. The van der Waals surface area contributed by atoms with Gasteiger partial charge in [-0.3, -0.25) is 4.79 Å². The molecule has 0 N–H and O–H groups in total. The Morgan fingerprint density at radius 3 is 2.75 bits per heavy atom. The van der Waals surface area contributed by atoms with E-state index in [0.717, 1.165) is 0 Å². The maximum absolute atomic E-state index is 11.3. The first-order valence-corrected chi connectivity index (χ1v) is 4.78. The second kappa shape index (κ2) is 2.48. The van der Waals surface area contributed by atoms with Gasteiger partial charge in [0.05, 0.1) is 13.0 Å². The number of ether oxygens (including phenoxy) is 1. The van der Waals surface area contributed by atoms with E-state index < -0.39 is 0 Å². The summed E-state index contributed by atoms with van der Waals surface area (Å²) in [6.45, 7) is 2.23. The number of rotatable bonds is 1. The zero-order chi connectivity index (χ0) is 8.77. The first-order chi connectivity index (χ1) is 5.70. The zero-order valence-corrected chi connectivity index (χ0v) is 7.80. The molecule has 0 aromatic heterocycles. The van der Waals surface area contributed by atoms with E-state index in [1.165, 1.54) is 32.8 Å². The van der Waals surface area contributed by atoms with Gasteiger partial charge in [0.15, 0.2) is 0 Å². The van der Waals surface area contributed by atoms with Crippen molar-refractivity contribution in [1.82, 2.24) is 0 Å². The van der Waals surface area contributed by atoms with Crippen molar-refractivity contribution in [2.45, 2.75) is 32.6 Å². The van der Waals surface area contributed by atoms with E-state index >= 15 is 0 Å². The van der Waals surface area contributed by atoms with Gasteiger partial charge in [0.25, 0.3) is 0 Å². The molecular weight excluding hydrogens is 152 g/mol. The lowest BCUT2D eigenvalue weighted by Crippen LogP contribution is -2.09. The van der Waals surface area contributed by atoms with Gasteiger partial charge < -0.3 is 4.74 Å². The fourth-order valence-corrected chi connectivity index (χ4v) is 2.93. The van der Waals surface area contributed by atoms with Gasteiger partial charge in [-0.2, -0.15) is 0 Å². The van der Waals surface area contributed by atoms with Crippen molar-refractivity contribution in [1.29, 1.82) is 0 Å². The first-order valence-electron chi connectivity index (χ1n) is 4.78. The standard InChI is InChI=1S/C10H16O2/c1-10-6-4-3-5-7(10)8(10)9(11)12-2/h7-8H,3-6H2,1-2H3/t7-,8+,10-/m1/s1. The number of hydrogen-bond donors (Lipinski definition) is 0.